The quantitative estimate of drug-likeness (QED) is 0.605. The third-order valence-corrected chi connectivity index (χ3v) is 4.83. The number of nitrogens with zero attached hydrogens (tertiary/aromatic N) is 3. The van der Waals surface area contributed by atoms with Crippen LogP contribution in [0.4, 0.5) is 16.3 Å². The maximum atomic E-state index is 12.7. The van der Waals surface area contributed by atoms with E-state index in [1.165, 1.54) is 10.7 Å². The Hall–Kier alpha value is -3.42. The van der Waals surface area contributed by atoms with Crippen molar-refractivity contribution in [1.29, 1.82) is 0 Å². The summed E-state index contributed by atoms with van der Waals surface area (Å²) in [7, 11) is 0. The van der Waals surface area contributed by atoms with E-state index in [9.17, 15) is 9.59 Å². The lowest BCUT2D eigenvalue weighted by Gasteiger charge is -2.13. The molecule has 3 N–H and O–H groups in total. The highest BCUT2D eigenvalue weighted by molar-refractivity contribution is 5.99. The molecule has 0 fully saturated rings. The van der Waals surface area contributed by atoms with Crippen LogP contribution in [0.15, 0.2) is 35.1 Å². The summed E-state index contributed by atoms with van der Waals surface area (Å²) in [5.74, 6) is 0.675. The predicted molar refractivity (Wildman–Crippen MR) is 119 cm³/mol. The number of urea groups is 1. The molecule has 0 spiro atoms. The molecule has 2 amide bonds. The molecule has 30 heavy (non-hydrogen) atoms. The number of rotatable bonds is 4. The highest BCUT2D eigenvalue weighted by Crippen LogP contribution is 2.25. The number of carbonyl (C=O) groups is 1. The summed E-state index contributed by atoms with van der Waals surface area (Å²) in [5.41, 5.74) is 3.81. The Morgan fingerprint density at radius 2 is 1.83 bits per heavy atom. The van der Waals surface area contributed by atoms with Crippen molar-refractivity contribution < 1.29 is 4.79 Å². The van der Waals surface area contributed by atoms with Gasteiger partial charge >= 0.3 is 6.03 Å². The largest absolute Gasteiger partial charge is 0.324 e. The molecule has 3 aromatic rings. The molecule has 158 valence electrons. The molecule has 0 saturated heterocycles. The van der Waals surface area contributed by atoms with Gasteiger partial charge in [-0.3, -0.25) is 15.1 Å². The number of hydrogen-bond donors (Lipinski definition) is 3. The van der Waals surface area contributed by atoms with E-state index in [2.05, 4.69) is 25.7 Å². The summed E-state index contributed by atoms with van der Waals surface area (Å²) in [4.78, 5) is 31.9. The fourth-order valence-corrected chi connectivity index (χ4v) is 2.87. The number of aryl methyl sites for hydroxylation is 3. The van der Waals surface area contributed by atoms with Gasteiger partial charge in [0.25, 0.3) is 5.56 Å². The number of amides is 2. The molecule has 8 heteroatoms. The van der Waals surface area contributed by atoms with Crippen molar-refractivity contribution in [3.8, 4) is 5.95 Å². The number of H-pyrrole nitrogens is 1. The Morgan fingerprint density at radius 1 is 1.10 bits per heavy atom. The van der Waals surface area contributed by atoms with Gasteiger partial charge in [-0.15, -0.1) is 0 Å². The fourth-order valence-electron chi connectivity index (χ4n) is 2.87. The van der Waals surface area contributed by atoms with Gasteiger partial charge in [-0.25, -0.2) is 9.78 Å². The smallest absolute Gasteiger partial charge is 0.308 e. The van der Waals surface area contributed by atoms with E-state index in [0.717, 1.165) is 16.8 Å². The van der Waals surface area contributed by atoms with E-state index in [-0.39, 0.29) is 16.9 Å². The second kappa shape index (κ2) is 8.14. The topological polar surface area (TPSA) is 105 Å². The molecular weight excluding hydrogens is 380 g/mol. The minimum atomic E-state index is -0.408. The van der Waals surface area contributed by atoms with Crippen LogP contribution in [0.1, 0.15) is 50.2 Å². The summed E-state index contributed by atoms with van der Waals surface area (Å²) >= 11 is 0. The van der Waals surface area contributed by atoms with Crippen LogP contribution in [0.2, 0.25) is 0 Å². The summed E-state index contributed by atoms with van der Waals surface area (Å²) in [6, 6.07) is 8.56. The summed E-state index contributed by atoms with van der Waals surface area (Å²) < 4.78 is 1.46. The van der Waals surface area contributed by atoms with Crippen molar-refractivity contribution >= 4 is 17.5 Å². The van der Waals surface area contributed by atoms with Crippen LogP contribution in [-0.2, 0) is 11.8 Å². The van der Waals surface area contributed by atoms with Gasteiger partial charge in [0.05, 0.1) is 5.69 Å². The molecule has 0 aliphatic heterocycles. The highest BCUT2D eigenvalue weighted by Gasteiger charge is 2.22. The zero-order valence-electron chi connectivity index (χ0n) is 18.3. The molecule has 0 aliphatic carbocycles. The SMILES string of the molecule is CCc1cc(=O)[nH]c(-n2nc(C(C)(C)C)cc2NC(=O)Nc2ccc(C)c(C)c2)n1. The number of anilines is 2. The summed E-state index contributed by atoms with van der Waals surface area (Å²) in [5, 5.41) is 10.3. The van der Waals surface area contributed by atoms with Crippen LogP contribution in [0, 0.1) is 13.8 Å². The van der Waals surface area contributed by atoms with Crippen LogP contribution >= 0.6 is 0 Å². The van der Waals surface area contributed by atoms with E-state index in [0.29, 0.717) is 23.6 Å². The predicted octanol–water partition coefficient (Wildman–Crippen LogP) is 4.08. The molecular formula is C22H28N6O2. The molecule has 0 unspecified atom stereocenters. The average Bonchev–Trinajstić information content (AvgIpc) is 3.08. The zero-order chi connectivity index (χ0) is 22.1. The molecule has 2 heterocycles. The fraction of sp³-hybridized carbons (Fsp3) is 0.364. The van der Waals surface area contributed by atoms with Gasteiger partial charge in [-0.1, -0.05) is 33.8 Å². The molecule has 0 atom stereocenters. The van der Waals surface area contributed by atoms with Crippen LogP contribution < -0.4 is 16.2 Å². The average molecular weight is 409 g/mol. The van der Waals surface area contributed by atoms with Crippen molar-refractivity contribution in [2.24, 2.45) is 0 Å². The Balaban J connectivity index is 1.96. The number of carbonyl (C=O) groups excluding carboxylic acids is 1. The van der Waals surface area contributed by atoms with E-state index >= 15 is 0 Å². The lowest BCUT2D eigenvalue weighted by atomic mass is 9.92. The van der Waals surface area contributed by atoms with Crippen molar-refractivity contribution in [3.63, 3.8) is 0 Å². The third kappa shape index (κ3) is 4.76. The van der Waals surface area contributed by atoms with E-state index < -0.39 is 6.03 Å². The third-order valence-electron chi connectivity index (χ3n) is 4.83. The Bertz CT molecular complexity index is 1140. The molecule has 8 nitrogen and oxygen atoms in total. The lowest BCUT2D eigenvalue weighted by Crippen LogP contribution is -2.23. The Kier molecular flexibility index (Phi) is 5.78. The minimum absolute atomic E-state index is 0.255. The summed E-state index contributed by atoms with van der Waals surface area (Å²) in [6.45, 7) is 12.0. The molecule has 0 saturated carbocycles. The van der Waals surface area contributed by atoms with Gasteiger partial charge in [0, 0.05) is 28.9 Å². The van der Waals surface area contributed by atoms with Gasteiger partial charge < -0.3 is 5.32 Å². The first-order valence-electron chi connectivity index (χ1n) is 9.93. The molecule has 1 aromatic carbocycles. The first-order valence-corrected chi connectivity index (χ1v) is 9.93. The van der Waals surface area contributed by atoms with Gasteiger partial charge in [0.2, 0.25) is 5.95 Å². The van der Waals surface area contributed by atoms with Crippen LogP contribution in [0.25, 0.3) is 5.95 Å². The van der Waals surface area contributed by atoms with Crippen LogP contribution in [0.3, 0.4) is 0 Å². The summed E-state index contributed by atoms with van der Waals surface area (Å²) in [6.07, 6.45) is 0.611. The molecule has 0 radical (unpaired) electrons. The number of aromatic amines is 1. The highest BCUT2D eigenvalue weighted by atomic mass is 16.2. The molecule has 0 aliphatic rings. The van der Waals surface area contributed by atoms with Crippen LogP contribution in [0.5, 0.6) is 0 Å². The van der Waals surface area contributed by atoms with E-state index in [4.69, 9.17) is 0 Å². The minimum Gasteiger partial charge on any atom is -0.308 e. The van der Waals surface area contributed by atoms with Gasteiger partial charge in [-0.05, 0) is 43.5 Å². The van der Waals surface area contributed by atoms with Crippen molar-refractivity contribution in [1.82, 2.24) is 19.7 Å². The second-order valence-corrected chi connectivity index (χ2v) is 8.37. The van der Waals surface area contributed by atoms with Gasteiger partial charge in [0.15, 0.2) is 0 Å². The Morgan fingerprint density at radius 3 is 2.47 bits per heavy atom. The first kappa shape index (κ1) is 21.3. The van der Waals surface area contributed by atoms with Crippen molar-refractivity contribution in [3.05, 3.63) is 63.2 Å². The lowest BCUT2D eigenvalue weighted by molar-refractivity contribution is 0.262. The molecule has 2 aromatic heterocycles. The number of hydrogen-bond acceptors (Lipinski definition) is 4. The van der Waals surface area contributed by atoms with Crippen LogP contribution in [-0.4, -0.2) is 25.8 Å². The van der Waals surface area contributed by atoms with E-state index in [1.807, 2.05) is 59.7 Å². The molecule has 3 rings (SSSR count). The number of nitrogens with one attached hydrogen (secondary N) is 3. The zero-order valence-corrected chi connectivity index (χ0v) is 18.3. The van der Waals surface area contributed by atoms with Gasteiger partial charge in [0.1, 0.15) is 5.82 Å². The molecule has 0 bridgehead atoms. The van der Waals surface area contributed by atoms with Crippen molar-refractivity contribution in [2.45, 2.75) is 53.4 Å². The first-order chi connectivity index (χ1) is 14.1. The standard InChI is InChI=1S/C22H28N6O2/c1-7-15-11-19(29)26-20(23-15)28-18(12-17(27-28)22(4,5)6)25-21(30)24-16-9-8-13(2)14(3)10-16/h8-12H,7H2,1-6H3,(H,23,26,29)(H2,24,25,30). The Labute approximate surface area is 175 Å². The maximum Gasteiger partial charge on any atom is 0.324 e. The monoisotopic (exact) mass is 408 g/mol. The normalized spacial score (nSPS) is 11.4. The maximum absolute atomic E-state index is 12.7. The number of benzene rings is 1. The van der Waals surface area contributed by atoms with Crippen molar-refractivity contribution in [2.75, 3.05) is 10.6 Å². The number of aromatic nitrogens is 4. The van der Waals surface area contributed by atoms with E-state index in [1.54, 1.807) is 6.07 Å². The second-order valence-electron chi connectivity index (χ2n) is 8.37. The van der Waals surface area contributed by atoms with Gasteiger partial charge in [-0.2, -0.15) is 9.78 Å².